The van der Waals surface area contributed by atoms with Crippen LogP contribution in [-0.4, -0.2) is 18.5 Å². The van der Waals surface area contributed by atoms with Gasteiger partial charge in [-0.3, -0.25) is 4.79 Å². The summed E-state index contributed by atoms with van der Waals surface area (Å²) in [5.41, 5.74) is 12.6. The van der Waals surface area contributed by atoms with E-state index in [9.17, 15) is 4.79 Å². The van der Waals surface area contributed by atoms with Crippen molar-refractivity contribution in [2.24, 2.45) is 16.9 Å². The molecular weight excluding hydrogens is 274 g/mol. The zero-order valence-corrected chi connectivity index (χ0v) is 13.5. The molecule has 2 rings (SSSR count). The monoisotopic (exact) mass is 299 g/mol. The van der Waals surface area contributed by atoms with Crippen LogP contribution < -0.4 is 16.8 Å². The molecule has 0 saturated carbocycles. The van der Waals surface area contributed by atoms with Gasteiger partial charge in [-0.1, -0.05) is 57.2 Å². The van der Waals surface area contributed by atoms with E-state index >= 15 is 0 Å². The minimum atomic E-state index is -0.568. The van der Waals surface area contributed by atoms with Crippen LogP contribution in [0.5, 0.6) is 0 Å². The van der Waals surface area contributed by atoms with Crippen LogP contribution in [0.3, 0.4) is 0 Å². The highest BCUT2D eigenvalue weighted by Crippen LogP contribution is 2.22. The third-order valence-electron chi connectivity index (χ3n) is 3.94. The maximum atomic E-state index is 12.3. The maximum absolute atomic E-state index is 12.3. The molecule has 0 radical (unpaired) electrons. The normalized spacial score (nSPS) is 14.6. The summed E-state index contributed by atoms with van der Waals surface area (Å²) in [6, 6.07) is 13.4. The van der Waals surface area contributed by atoms with Gasteiger partial charge < -0.3 is 16.8 Å². The standard InChI is InChI=1S/C18H25N3O/c1-18(2,3)16(20)17(22)21-15(11-19)14-9-8-12-6-4-5-7-13(12)10-14/h4-10,15-16H,11,19-20H2,1-3H3,(H,21,22)/t15?,16-/m1/s1. The van der Waals surface area contributed by atoms with E-state index in [-0.39, 0.29) is 17.4 Å². The Morgan fingerprint density at radius 2 is 1.77 bits per heavy atom. The van der Waals surface area contributed by atoms with Crippen LogP contribution in [-0.2, 0) is 4.79 Å². The predicted molar refractivity (Wildman–Crippen MR) is 91.3 cm³/mol. The number of hydrogen-bond donors (Lipinski definition) is 3. The van der Waals surface area contributed by atoms with E-state index in [0.717, 1.165) is 10.9 Å². The number of rotatable bonds is 4. The van der Waals surface area contributed by atoms with Crippen molar-refractivity contribution in [3.8, 4) is 0 Å². The van der Waals surface area contributed by atoms with E-state index in [0.29, 0.717) is 6.54 Å². The van der Waals surface area contributed by atoms with Crippen molar-refractivity contribution in [1.29, 1.82) is 0 Å². The van der Waals surface area contributed by atoms with Gasteiger partial charge in [0, 0.05) is 6.54 Å². The number of nitrogens with two attached hydrogens (primary N) is 2. The highest BCUT2D eigenvalue weighted by molar-refractivity contribution is 5.84. The number of fused-ring (bicyclic) bond motifs is 1. The van der Waals surface area contributed by atoms with E-state index in [1.165, 1.54) is 5.39 Å². The maximum Gasteiger partial charge on any atom is 0.237 e. The number of amides is 1. The van der Waals surface area contributed by atoms with Crippen LogP contribution in [0, 0.1) is 5.41 Å². The van der Waals surface area contributed by atoms with E-state index < -0.39 is 6.04 Å². The second-order valence-corrected chi connectivity index (χ2v) is 6.75. The first-order valence-corrected chi connectivity index (χ1v) is 7.57. The molecule has 0 fully saturated rings. The Morgan fingerprint density at radius 3 is 2.36 bits per heavy atom. The summed E-state index contributed by atoms with van der Waals surface area (Å²) in [4.78, 5) is 12.3. The summed E-state index contributed by atoms with van der Waals surface area (Å²) in [5.74, 6) is -0.170. The van der Waals surface area contributed by atoms with Gasteiger partial charge in [0.1, 0.15) is 0 Å². The quantitative estimate of drug-likeness (QED) is 0.810. The van der Waals surface area contributed by atoms with Crippen LogP contribution in [0.25, 0.3) is 10.8 Å². The van der Waals surface area contributed by atoms with Crippen molar-refractivity contribution in [2.75, 3.05) is 6.54 Å². The number of hydrogen-bond acceptors (Lipinski definition) is 3. The Morgan fingerprint density at radius 1 is 1.14 bits per heavy atom. The Bertz CT molecular complexity index is 661. The Kier molecular flexibility index (Phi) is 4.84. The van der Waals surface area contributed by atoms with E-state index in [2.05, 4.69) is 23.5 Å². The second kappa shape index (κ2) is 6.46. The first-order chi connectivity index (χ1) is 10.3. The fourth-order valence-electron chi connectivity index (χ4n) is 2.36. The molecule has 4 heteroatoms. The van der Waals surface area contributed by atoms with Gasteiger partial charge in [0.05, 0.1) is 12.1 Å². The van der Waals surface area contributed by atoms with Crippen molar-refractivity contribution in [2.45, 2.75) is 32.9 Å². The van der Waals surface area contributed by atoms with Gasteiger partial charge in [-0.15, -0.1) is 0 Å². The third-order valence-corrected chi connectivity index (χ3v) is 3.94. The van der Waals surface area contributed by atoms with Gasteiger partial charge in [-0.2, -0.15) is 0 Å². The topological polar surface area (TPSA) is 81.1 Å². The molecule has 0 heterocycles. The number of nitrogens with one attached hydrogen (secondary N) is 1. The molecule has 2 atom stereocenters. The molecule has 4 nitrogen and oxygen atoms in total. The van der Waals surface area contributed by atoms with Crippen molar-refractivity contribution in [1.82, 2.24) is 5.32 Å². The fraction of sp³-hybridized carbons (Fsp3) is 0.389. The number of carbonyl (C=O) groups is 1. The first kappa shape index (κ1) is 16.5. The van der Waals surface area contributed by atoms with Gasteiger partial charge in [0.2, 0.25) is 5.91 Å². The lowest BCUT2D eigenvalue weighted by Gasteiger charge is -2.28. The smallest absolute Gasteiger partial charge is 0.237 e. The van der Waals surface area contributed by atoms with Gasteiger partial charge in [-0.05, 0) is 27.8 Å². The SMILES string of the molecule is CC(C)(C)[C@H](N)C(=O)NC(CN)c1ccc2ccccc2c1. The van der Waals surface area contributed by atoms with Crippen molar-refractivity contribution in [3.05, 3.63) is 48.0 Å². The highest BCUT2D eigenvalue weighted by atomic mass is 16.2. The molecule has 0 bridgehead atoms. The van der Waals surface area contributed by atoms with E-state index in [4.69, 9.17) is 11.5 Å². The summed E-state index contributed by atoms with van der Waals surface area (Å²) in [7, 11) is 0. The molecule has 0 aliphatic rings. The van der Waals surface area contributed by atoms with Crippen LogP contribution in [0.15, 0.2) is 42.5 Å². The van der Waals surface area contributed by atoms with Gasteiger partial charge in [0.25, 0.3) is 0 Å². The summed E-state index contributed by atoms with van der Waals surface area (Å²) in [5, 5.41) is 5.26. The average Bonchev–Trinajstić information content (AvgIpc) is 2.50. The molecule has 2 aromatic carbocycles. The van der Waals surface area contributed by atoms with Crippen molar-refractivity contribution >= 4 is 16.7 Å². The molecule has 1 unspecified atom stereocenters. The lowest BCUT2D eigenvalue weighted by Crippen LogP contribution is -2.50. The molecule has 2 aromatic rings. The Hall–Kier alpha value is -1.91. The molecule has 0 aromatic heterocycles. The van der Waals surface area contributed by atoms with Gasteiger partial charge >= 0.3 is 0 Å². The Labute approximate surface area is 131 Å². The molecule has 1 amide bonds. The number of carbonyl (C=O) groups excluding carboxylic acids is 1. The third kappa shape index (κ3) is 3.64. The molecule has 0 aliphatic heterocycles. The zero-order valence-electron chi connectivity index (χ0n) is 13.5. The molecule has 22 heavy (non-hydrogen) atoms. The summed E-state index contributed by atoms with van der Waals surface area (Å²) < 4.78 is 0. The largest absolute Gasteiger partial charge is 0.347 e. The zero-order chi connectivity index (χ0) is 16.3. The summed E-state index contributed by atoms with van der Waals surface area (Å²) in [6.07, 6.45) is 0. The summed E-state index contributed by atoms with van der Waals surface area (Å²) >= 11 is 0. The van der Waals surface area contributed by atoms with Crippen molar-refractivity contribution in [3.63, 3.8) is 0 Å². The number of benzene rings is 2. The molecule has 118 valence electrons. The molecule has 5 N–H and O–H groups in total. The highest BCUT2D eigenvalue weighted by Gasteiger charge is 2.28. The minimum absolute atomic E-state index is 0.170. The second-order valence-electron chi connectivity index (χ2n) is 6.75. The average molecular weight is 299 g/mol. The molecular formula is C18H25N3O. The lowest BCUT2D eigenvalue weighted by molar-refractivity contribution is -0.125. The lowest BCUT2D eigenvalue weighted by atomic mass is 9.86. The predicted octanol–water partition coefficient (Wildman–Crippen LogP) is 2.33. The fourth-order valence-corrected chi connectivity index (χ4v) is 2.36. The summed E-state index contributed by atoms with van der Waals surface area (Å²) in [6.45, 7) is 6.18. The van der Waals surface area contributed by atoms with Gasteiger partial charge in [-0.25, -0.2) is 0 Å². The van der Waals surface area contributed by atoms with Crippen molar-refractivity contribution < 1.29 is 4.79 Å². The minimum Gasteiger partial charge on any atom is -0.347 e. The van der Waals surface area contributed by atoms with Crippen LogP contribution >= 0.6 is 0 Å². The molecule has 0 aliphatic carbocycles. The van der Waals surface area contributed by atoms with Gasteiger partial charge in [0.15, 0.2) is 0 Å². The van der Waals surface area contributed by atoms with Crippen LogP contribution in [0.4, 0.5) is 0 Å². The van der Waals surface area contributed by atoms with Crippen LogP contribution in [0.2, 0.25) is 0 Å². The first-order valence-electron chi connectivity index (χ1n) is 7.57. The molecule has 0 saturated heterocycles. The van der Waals surface area contributed by atoms with Crippen LogP contribution in [0.1, 0.15) is 32.4 Å². The van der Waals surface area contributed by atoms with E-state index in [1.807, 2.05) is 45.0 Å². The Balaban J connectivity index is 2.21. The molecule has 0 spiro atoms. The van der Waals surface area contributed by atoms with E-state index in [1.54, 1.807) is 0 Å².